The van der Waals surface area contributed by atoms with Crippen LogP contribution in [-0.4, -0.2) is 12.6 Å². The fourth-order valence-electron chi connectivity index (χ4n) is 2.44. The topological polar surface area (TPSA) is 26.3 Å². The van der Waals surface area contributed by atoms with Gasteiger partial charge in [0.1, 0.15) is 0 Å². The van der Waals surface area contributed by atoms with E-state index in [-0.39, 0.29) is 5.97 Å². The predicted molar refractivity (Wildman–Crippen MR) is 93.9 cm³/mol. The molecule has 0 saturated carbocycles. The zero-order chi connectivity index (χ0) is 16.2. The van der Waals surface area contributed by atoms with Crippen molar-refractivity contribution < 1.29 is 9.53 Å². The van der Waals surface area contributed by atoms with E-state index in [0.29, 0.717) is 13.0 Å². The number of hydrogen-bond acceptors (Lipinski definition) is 2. The first-order valence-corrected chi connectivity index (χ1v) is 8.53. The summed E-state index contributed by atoms with van der Waals surface area (Å²) in [6.45, 7) is 6.63. The van der Waals surface area contributed by atoms with Crippen LogP contribution in [0, 0.1) is 13.8 Å². The molecule has 1 aromatic carbocycles. The summed E-state index contributed by atoms with van der Waals surface area (Å²) < 4.78 is 4.91. The largest absolute Gasteiger partial charge is 0.466 e. The van der Waals surface area contributed by atoms with Crippen LogP contribution in [-0.2, 0) is 9.53 Å². The Hall–Kier alpha value is -1.57. The average molecular weight is 302 g/mol. The Kier molecular flexibility index (Phi) is 9.29. The maximum Gasteiger partial charge on any atom is 0.305 e. The number of allylic oxidation sites excluding steroid dienone is 1. The molecule has 0 aliphatic rings. The van der Waals surface area contributed by atoms with Crippen molar-refractivity contribution in [3.8, 4) is 0 Å². The third kappa shape index (κ3) is 8.02. The number of carbonyl (C=O) groups excluding carboxylic acids is 1. The summed E-state index contributed by atoms with van der Waals surface area (Å²) in [5.41, 5.74) is 3.97. The van der Waals surface area contributed by atoms with Gasteiger partial charge < -0.3 is 4.74 Å². The zero-order valence-corrected chi connectivity index (χ0v) is 14.4. The van der Waals surface area contributed by atoms with Crippen LogP contribution in [0.2, 0.25) is 0 Å². The Bertz CT molecular complexity index is 475. The van der Waals surface area contributed by atoms with E-state index in [1.807, 2.05) is 6.92 Å². The molecule has 0 fully saturated rings. The monoisotopic (exact) mass is 302 g/mol. The quantitative estimate of drug-likeness (QED) is 0.415. The fraction of sp³-hybridized carbons (Fsp3) is 0.550. The molecule has 2 heteroatoms. The van der Waals surface area contributed by atoms with Crippen molar-refractivity contribution in [3.63, 3.8) is 0 Å². The molecule has 22 heavy (non-hydrogen) atoms. The fourth-order valence-corrected chi connectivity index (χ4v) is 2.44. The third-order valence-electron chi connectivity index (χ3n) is 3.79. The van der Waals surface area contributed by atoms with Crippen molar-refractivity contribution in [1.29, 1.82) is 0 Å². The highest BCUT2D eigenvalue weighted by molar-refractivity contribution is 5.69. The average Bonchev–Trinajstić information content (AvgIpc) is 2.49. The lowest BCUT2D eigenvalue weighted by molar-refractivity contribution is -0.143. The highest BCUT2D eigenvalue weighted by Crippen LogP contribution is 2.14. The van der Waals surface area contributed by atoms with Crippen molar-refractivity contribution in [2.75, 3.05) is 6.61 Å². The number of aryl methyl sites for hydroxylation is 2. The van der Waals surface area contributed by atoms with Crippen LogP contribution < -0.4 is 0 Å². The Labute approximate surface area is 135 Å². The lowest BCUT2D eigenvalue weighted by atomic mass is 10.0. The molecule has 0 aromatic heterocycles. The highest BCUT2D eigenvalue weighted by atomic mass is 16.5. The molecular formula is C20H30O2. The molecule has 0 unspecified atom stereocenters. The van der Waals surface area contributed by atoms with E-state index in [1.54, 1.807) is 0 Å². The first-order valence-electron chi connectivity index (χ1n) is 8.53. The van der Waals surface area contributed by atoms with Crippen molar-refractivity contribution in [2.45, 2.75) is 65.7 Å². The van der Waals surface area contributed by atoms with Crippen LogP contribution in [0.4, 0.5) is 0 Å². The van der Waals surface area contributed by atoms with Crippen molar-refractivity contribution in [3.05, 3.63) is 41.0 Å². The number of unbranched alkanes of at least 4 members (excludes halogenated alkanes) is 5. The smallest absolute Gasteiger partial charge is 0.305 e. The molecule has 0 bridgehead atoms. The van der Waals surface area contributed by atoms with Crippen LogP contribution in [0.3, 0.4) is 0 Å². The Morgan fingerprint density at radius 3 is 2.59 bits per heavy atom. The number of hydrogen-bond donors (Lipinski definition) is 0. The van der Waals surface area contributed by atoms with Crippen LogP contribution in [0.15, 0.2) is 24.3 Å². The molecule has 0 aliphatic heterocycles. The van der Waals surface area contributed by atoms with Gasteiger partial charge in [-0.05, 0) is 51.2 Å². The van der Waals surface area contributed by atoms with Crippen molar-refractivity contribution in [1.82, 2.24) is 0 Å². The third-order valence-corrected chi connectivity index (χ3v) is 3.79. The van der Waals surface area contributed by atoms with Gasteiger partial charge in [-0.3, -0.25) is 4.79 Å². The number of esters is 1. The molecule has 1 aromatic rings. The summed E-state index contributed by atoms with van der Waals surface area (Å²) in [5, 5.41) is 0. The normalized spacial score (nSPS) is 11.0. The predicted octanol–water partition coefficient (Wildman–Crippen LogP) is 5.61. The molecule has 0 atom stereocenters. The van der Waals surface area contributed by atoms with E-state index in [1.165, 1.54) is 36.0 Å². The second kappa shape index (κ2) is 11.1. The maximum atomic E-state index is 11.2. The molecule has 1 rings (SSSR count). The van der Waals surface area contributed by atoms with Crippen molar-refractivity contribution in [2.24, 2.45) is 0 Å². The molecule has 0 saturated heterocycles. The molecular weight excluding hydrogens is 272 g/mol. The molecule has 0 spiro atoms. The first kappa shape index (κ1) is 18.5. The van der Waals surface area contributed by atoms with E-state index in [0.717, 1.165) is 19.3 Å². The maximum absolute atomic E-state index is 11.2. The first-order chi connectivity index (χ1) is 10.6. The second-order valence-corrected chi connectivity index (χ2v) is 5.87. The minimum atomic E-state index is -0.0565. The van der Waals surface area contributed by atoms with Crippen LogP contribution >= 0.6 is 0 Å². The van der Waals surface area contributed by atoms with Gasteiger partial charge in [-0.1, -0.05) is 55.2 Å². The van der Waals surface area contributed by atoms with E-state index < -0.39 is 0 Å². The summed E-state index contributed by atoms with van der Waals surface area (Å²) in [5.74, 6) is -0.0565. The summed E-state index contributed by atoms with van der Waals surface area (Å²) in [7, 11) is 0. The summed E-state index contributed by atoms with van der Waals surface area (Å²) in [4.78, 5) is 11.2. The minimum Gasteiger partial charge on any atom is -0.466 e. The van der Waals surface area contributed by atoms with Crippen molar-refractivity contribution >= 4 is 12.0 Å². The van der Waals surface area contributed by atoms with Gasteiger partial charge in [0, 0.05) is 6.42 Å². The van der Waals surface area contributed by atoms with Gasteiger partial charge in [-0.15, -0.1) is 0 Å². The zero-order valence-electron chi connectivity index (χ0n) is 14.4. The molecule has 0 radical (unpaired) electrons. The van der Waals surface area contributed by atoms with Gasteiger partial charge in [-0.2, -0.15) is 0 Å². The number of ether oxygens (including phenoxy) is 1. The molecule has 2 nitrogen and oxygen atoms in total. The Morgan fingerprint density at radius 2 is 1.82 bits per heavy atom. The standard InChI is InChI=1S/C20H30O2/c1-4-22-20(21)13-11-9-7-5-6-8-10-12-19-16-17(2)14-15-18(19)3/h10,12,14-16H,4-9,11,13H2,1-3H3/b12-10+. The van der Waals surface area contributed by atoms with Gasteiger partial charge in [-0.25, -0.2) is 0 Å². The molecule has 0 N–H and O–H groups in total. The van der Waals surface area contributed by atoms with E-state index in [9.17, 15) is 4.79 Å². The van der Waals surface area contributed by atoms with Crippen LogP contribution in [0.25, 0.3) is 6.08 Å². The van der Waals surface area contributed by atoms with Gasteiger partial charge in [0.15, 0.2) is 0 Å². The molecule has 0 amide bonds. The minimum absolute atomic E-state index is 0.0565. The van der Waals surface area contributed by atoms with E-state index >= 15 is 0 Å². The van der Waals surface area contributed by atoms with Crippen LogP contribution in [0.1, 0.15) is 68.6 Å². The number of rotatable bonds is 10. The van der Waals surface area contributed by atoms with E-state index in [4.69, 9.17) is 4.74 Å². The van der Waals surface area contributed by atoms with Gasteiger partial charge in [0.25, 0.3) is 0 Å². The lowest BCUT2D eigenvalue weighted by Crippen LogP contribution is -2.03. The molecule has 0 heterocycles. The van der Waals surface area contributed by atoms with Crippen LogP contribution in [0.5, 0.6) is 0 Å². The van der Waals surface area contributed by atoms with Gasteiger partial charge in [0.2, 0.25) is 0 Å². The van der Waals surface area contributed by atoms with Gasteiger partial charge in [0.05, 0.1) is 6.61 Å². The molecule has 0 aliphatic carbocycles. The van der Waals surface area contributed by atoms with E-state index in [2.05, 4.69) is 44.2 Å². The highest BCUT2D eigenvalue weighted by Gasteiger charge is 2.00. The summed E-state index contributed by atoms with van der Waals surface area (Å²) in [6, 6.07) is 6.57. The SMILES string of the molecule is CCOC(=O)CCCCCCC/C=C/c1cc(C)ccc1C. The lowest BCUT2D eigenvalue weighted by Gasteiger charge is -2.02. The number of carbonyl (C=O) groups is 1. The summed E-state index contributed by atoms with van der Waals surface area (Å²) >= 11 is 0. The Balaban J connectivity index is 2.07. The Morgan fingerprint density at radius 1 is 1.09 bits per heavy atom. The molecule has 122 valence electrons. The van der Waals surface area contributed by atoms with Gasteiger partial charge >= 0.3 is 5.97 Å². The number of benzene rings is 1. The summed E-state index contributed by atoms with van der Waals surface area (Å²) in [6.07, 6.45) is 12.0. The second-order valence-electron chi connectivity index (χ2n) is 5.87.